The molecule has 0 heterocycles. The van der Waals surface area contributed by atoms with E-state index in [0.717, 1.165) is 38.2 Å². The molecule has 1 aliphatic rings. The number of carbonyl (C=O) groups is 1. The molecule has 7 heteroatoms. The van der Waals surface area contributed by atoms with E-state index in [1.54, 1.807) is 0 Å². The van der Waals surface area contributed by atoms with Gasteiger partial charge in [-0.15, -0.1) is 0 Å². The molecule has 0 aliphatic heterocycles. The first kappa shape index (κ1) is 23.2. The summed E-state index contributed by atoms with van der Waals surface area (Å²) < 4.78 is 70.2. The topological polar surface area (TPSA) is 37.3 Å². The molecular weight excluding hydrogens is 415 g/mol. The predicted molar refractivity (Wildman–Crippen MR) is 107 cm³/mol. The molecule has 0 amide bonds. The van der Waals surface area contributed by atoms with Gasteiger partial charge in [0.15, 0.2) is 17.5 Å². The second kappa shape index (κ2) is 9.79. The van der Waals surface area contributed by atoms with Gasteiger partial charge in [0.1, 0.15) is 17.2 Å². The van der Waals surface area contributed by atoms with Crippen LogP contribution >= 0.6 is 0 Å². The van der Waals surface area contributed by atoms with Crippen LogP contribution in [0.25, 0.3) is 11.1 Å². The minimum Gasteiger partial charge on any atom is -0.477 e. The number of carboxylic acid groups (broad SMARTS) is 1. The second-order valence-electron chi connectivity index (χ2n) is 8.35. The molecule has 168 valence electrons. The van der Waals surface area contributed by atoms with Crippen LogP contribution in [0.15, 0.2) is 18.2 Å². The van der Waals surface area contributed by atoms with Crippen molar-refractivity contribution in [2.45, 2.75) is 58.3 Å². The van der Waals surface area contributed by atoms with Crippen LogP contribution in [0.3, 0.4) is 0 Å². The maximum atomic E-state index is 15.0. The molecule has 0 radical (unpaired) electrons. The van der Waals surface area contributed by atoms with Crippen LogP contribution in [0.4, 0.5) is 22.0 Å². The molecule has 0 saturated heterocycles. The van der Waals surface area contributed by atoms with Gasteiger partial charge in [-0.05, 0) is 59.6 Å². The van der Waals surface area contributed by atoms with Crippen LogP contribution < -0.4 is 0 Å². The van der Waals surface area contributed by atoms with Crippen molar-refractivity contribution in [3.05, 3.63) is 58.4 Å². The predicted octanol–water partition coefficient (Wildman–Crippen LogP) is 7.29. The van der Waals surface area contributed by atoms with Gasteiger partial charge >= 0.3 is 5.97 Å². The lowest BCUT2D eigenvalue weighted by molar-refractivity contribution is 0.0686. The van der Waals surface area contributed by atoms with Gasteiger partial charge in [0.05, 0.1) is 0 Å². The summed E-state index contributed by atoms with van der Waals surface area (Å²) in [6, 6.07) is 2.07. The number of benzene rings is 2. The second-order valence-corrected chi connectivity index (χ2v) is 8.35. The van der Waals surface area contributed by atoms with Crippen molar-refractivity contribution in [2.75, 3.05) is 0 Å². The monoisotopic (exact) mass is 440 g/mol. The summed E-state index contributed by atoms with van der Waals surface area (Å²) in [5.74, 6) is -8.04. The zero-order valence-electron chi connectivity index (χ0n) is 17.3. The average Bonchev–Trinajstić information content (AvgIpc) is 2.71. The number of carboxylic acids is 1. The van der Waals surface area contributed by atoms with Gasteiger partial charge in [0.25, 0.3) is 0 Å². The Kier molecular flexibility index (Phi) is 7.34. The molecule has 1 fully saturated rings. The highest BCUT2D eigenvalue weighted by Crippen LogP contribution is 2.37. The maximum Gasteiger partial charge on any atom is 0.341 e. The minimum absolute atomic E-state index is 0.0887. The quantitative estimate of drug-likeness (QED) is 0.363. The fourth-order valence-electron chi connectivity index (χ4n) is 4.63. The van der Waals surface area contributed by atoms with Crippen molar-refractivity contribution in [2.24, 2.45) is 11.8 Å². The lowest BCUT2D eigenvalue weighted by Crippen LogP contribution is -2.16. The van der Waals surface area contributed by atoms with Crippen molar-refractivity contribution >= 4 is 5.97 Å². The molecule has 0 atom stereocenters. The highest BCUT2D eigenvalue weighted by atomic mass is 19.2. The van der Waals surface area contributed by atoms with Crippen LogP contribution in [0.1, 0.15) is 67.8 Å². The number of rotatable bonds is 7. The smallest absolute Gasteiger partial charge is 0.341 e. The summed E-state index contributed by atoms with van der Waals surface area (Å²) >= 11 is 0. The normalized spacial score (nSPS) is 18.9. The van der Waals surface area contributed by atoms with E-state index in [4.69, 9.17) is 0 Å². The lowest BCUT2D eigenvalue weighted by Gasteiger charge is -2.28. The van der Waals surface area contributed by atoms with Gasteiger partial charge in [-0.25, -0.2) is 26.7 Å². The summed E-state index contributed by atoms with van der Waals surface area (Å²) in [6.45, 7) is 2.14. The van der Waals surface area contributed by atoms with E-state index in [1.807, 2.05) is 0 Å². The van der Waals surface area contributed by atoms with E-state index in [-0.39, 0.29) is 23.1 Å². The van der Waals surface area contributed by atoms with E-state index in [2.05, 4.69) is 6.92 Å². The van der Waals surface area contributed by atoms with E-state index >= 15 is 4.39 Å². The van der Waals surface area contributed by atoms with Crippen LogP contribution in [0.2, 0.25) is 0 Å². The summed E-state index contributed by atoms with van der Waals surface area (Å²) in [7, 11) is 0. The van der Waals surface area contributed by atoms with Gasteiger partial charge in [0.2, 0.25) is 0 Å². The molecule has 0 bridgehead atoms. The average molecular weight is 440 g/mol. The third-order valence-corrected chi connectivity index (χ3v) is 6.29. The summed E-state index contributed by atoms with van der Waals surface area (Å²) in [6.07, 6.45) is 7.02. The Morgan fingerprint density at radius 2 is 1.42 bits per heavy atom. The molecule has 0 spiro atoms. The molecule has 3 rings (SSSR count). The molecule has 2 aromatic carbocycles. The highest BCUT2D eigenvalue weighted by molar-refractivity contribution is 5.90. The SMILES string of the molecule is CCCC1CCC(CCc2c(-c3cc(F)c(F)c(F)c3)cc(F)c(C(=O)O)c2F)CC1. The van der Waals surface area contributed by atoms with Crippen molar-refractivity contribution in [1.82, 2.24) is 0 Å². The van der Waals surface area contributed by atoms with Crippen LogP contribution in [-0.2, 0) is 6.42 Å². The zero-order chi connectivity index (χ0) is 22.7. The fourth-order valence-corrected chi connectivity index (χ4v) is 4.63. The molecule has 0 unspecified atom stereocenters. The van der Waals surface area contributed by atoms with E-state index in [1.165, 1.54) is 6.42 Å². The van der Waals surface area contributed by atoms with Gasteiger partial charge < -0.3 is 5.11 Å². The standard InChI is InChI=1S/C24H25F5O2/c1-2-3-13-4-6-14(7-5-13)8-9-16-17(12-18(25)21(22(16)28)24(30)31)15-10-19(26)23(29)20(27)11-15/h10-14H,2-9H2,1H3,(H,30,31). The Morgan fingerprint density at radius 3 is 1.94 bits per heavy atom. The Balaban J connectivity index is 1.94. The number of hydrogen-bond donors (Lipinski definition) is 1. The summed E-state index contributed by atoms with van der Waals surface area (Å²) in [5.41, 5.74) is -1.64. The summed E-state index contributed by atoms with van der Waals surface area (Å²) in [5, 5.41) is 9.20. The molecule has 1 aliphatic carbocycles. The molecule has 2 nitrogen and oxygen atoms in total. The van der Waals surface area contributed by atoms with Crippen LogP contribution in [-0.4, -0.2) is 11.1 Å². The number of hydrogen-bond acceptors (Lipinski definition) is 1. The third kappa shape index (κ3) is 5.08. The fraction of sp³-hybridized carbons (Fsp3) is 0.458. The Hall–Kier alpha value is -2.44. The Labute approximate surface area is 178 Å². The van der Waals surface area contributed by atoms with Crippen LogP contribution in [0, 0.1) is 40.9 Å². The van der Waals surface area contributed by atoms with Gasteiger partial charge in [-0.2, -0.15) is 0 Å². The number of halogens is 5. The van der Waals surface area contributed by atoms with Crippen molar-refractivity contribution in [3.63, 3.8) is 0 Å². The van der Waals surface area contributed by atoms with Crippen molar-refractivity contribution in [3.8, 4) is 11.1 Å². The van der Waals surface area contributed by atoms with Crippen molar-refractivity contribution in [1.29, 1.82) is 0 Å². The molecule has 2 aromatic rings. The lowest BCUT2D eigenvalue weighted by atomic mass is 9.77. The summed E-state index contributed by atoms with van der Waals surface area (Å²) in [4.78, 5) is 11.3. The van der Waals surface area contributed by atoms with E-state index < -0.39 is 40.6 Å². The van der Waals surface area contributed by atoms with E-state index in [9.17, 15) is 27.5 Å². The highest BCUT2D eigenvalue weighted by Gasteiger charge is 2.27. The molecule has 1 N–H and O–H groups in total. The maximum absolute atomic E-state index is 15.0. The third-order valence-electron chi connectivity index (χ3n) is 6.29. The molecule has 31 heavy (non-hydrogen) atoms. The van der Waals surface area contributed by atoms with Gasteiger partial charge in [0, 0.05) is 0 Å². The van der Waals surface area contributed by atoms with Gasteiger partial charge in [-0.3, -0.25) is 0 Å². The minimum atomic E-state index is -1.76. The molecule has 1 saturated carbocycles. The molecule has 0 aromatic heterocycles. The Bertz CT molecular complexity index is 942. The first-order valence-electron chi connectivity index (χ1n) is 10.6. The zero-order valence-corrected chi connectivity index (χ0v) is 17.3. The Morgan fingerprint density at radius 1 is 0.871 bits per heavy atom. The van der Waals surface area contributed by atoms with Gasteiger partial charge in [-0.1, -0.05) is 45.4 Å². The molecular formula is C24H25F5O2. The first-order chi connectivity index (χ1) is 14.7. The number of aromatic carboxylic acids is 1. The van der Waals surface area contributed by atoms with E-state index in [0.29, 0.717) is 30.4 Å². The van der Waals surface area contributed by atoms with Crippen molar-refractivity contribution < 1.29 is 31.9 Å². The largest absolute Gasteiger partial charge is 0.477 e. The van der Waals surface area contributed by atoms with Crippen LogP contribution in [0.5, 0.6) is 0 Å². The first-order valence-corrected chi connectivity index (χ1v) is 10.6.